The third-order valence-electron chi connectivity index (χ3n) is 12.5. The lowest BCUT2D eigenvalue weighted by Gasteiger charge is -2.18. The fourth-order valence-corrected chi connectivity index (χ4v) is 8.08. The molecule has 2 atom stereocenters. The molecule has 60 heavy (non-hydrogen) atoms. The number of esters is 3. The predicted molar refractivity (Wildman–Crippen MR) is 256 cm³/mol. The second-order valence-electron chi connectivity index (χ2n) is 19.7. The van der Waals surface area contributed by atoms with Crippen LogP contribution in [0.15, 0.2) is 0 Å². The summed E-state index contributed by atoms with van der Waals surface area (Å²) < 4.78 is 16.8. The summed E-state index contributed by atoms with van der Waals surface area (Å²) in [5.41, 5.74) is 0. The minimum absolute atomic E-state index is 0.0649. The van der Waals surface area contributed by atoms with Crippen molar-refractivity contribution in [2.45, 2.75) is 298 Å². The summed E-state index contributed by atoms with van der Waals surface area (Å²) in [5.74, 6) is 1.64. The third kappa shape index (κ3) is 45.9. The van der Waals surface area contributed by atoms with E-state index in [9.17, 15) is 14.4 Å². The van der Waals surface area contributed by atoms with E-state index in [1.165, 1.54) is 173 Å². The van der Waals surface area contributed by atoms with Crippen LogP contribution in [0.25, 0.3) is 0 Å². The van der Waals surface area contributed by atoms with Crippen LogP contribution in [-0.4, -0.2) is 37.2 Å². The van der Waals surface area contributed by atoms with E-state index in [0.29, 0.717) is 19.3 Å². The molecule has 0 aliphatic heterocycles. The number of hydrogen-bond donors (Lipinski definition) is 0. The van der Waals surface area contributed by atoms with Crippen molar-refractivity contribution in [2.24, 2.45) is 17.8 Å². The molecule has 0 radical (unpaired) electrons. The van der Waals surface area contributed by atoms with Crippen LogP contribution < -0.4 is 0 Å². The molecule has 6 nitrogen and oxygen atoms in total. The summed E-state index contributed by atoms with van der Waals surface area (Å²) in [6.45, 7) is 13.7. The molecular weight excluding hydrogens is 745 g/mol. The van der Waals surface area contributed by atoms with Gasteiger partial charge >= 0.3 is 17.9 Å². The Balaban J connectivity index is 4.27. The molecule has 0 fully saturated rings. The molecule has 6 heteroatoms. The van der Waals surface area contributed by atoms with Gasteiger partial charge in [-0.25, -0.2) is 0 Å². The summed E-state index contributed by atoms with van der Waals surface area (Å²) in [7, 11) is 0. The maximum Gasteiger partial charge on any atom is 0.306 e. The first-order chi connectivity index (χ1) is 29.1. The Morgan fingerprint density at radius 1 is 0.333 bits per heavy atom. The number of carbonyl (C=O) groups is 3. The molecule has 0 rings (SSSR count). The number of ether oxygens (including phenoxy) is 3. The minimum Gasteiger partial charge on any atom is -0.462 e. The highest BCUT2D eigenvalue weighted by Crippen LogP contribution is 2.18. The van der Waals surface area contributed by atoms with Gasteiger partial charge in [0, 0.05) is 19.3 Å². The van der Waals surface area contributed by atoms with E-state index in [1.54, 1.807) is 0 Å². The Morgan fingerprint density at radius 3 is 0.867 bits per heavy atom. The first-order valence-electron chi connectivity index (χ1n) is 26.6. The molecule has 0 aromatic rings. The first kappa shape index (κ1) is 58.4. The summed E-state index contributed by atoms with van der Waals surface area (Å²) in [4.78, 5) is 37.9. The van der Waals surface area contributed by atoms with Gasteiger partial charge in [-0.3, -0.25) is 14.4 Å². The van der Waals surface area contributed by atoms with Gasteiger partial charge in [0.15, 0.2) is 6.10 Å². The summed E-state index contributed by atoms with van der Waals surface area (Å²) in [6, 6.07) is 0. The summed E-state index contributed by atoms with van der Waals surface area (Å²) in [6.07, 6.45) is 45.2. The number of carbonyl (C=O) groups excluding carboxylic acids is 3. The molecule has 0 aliphatic rings. The van der Waals surface area contributed by atoms with Gasteiger partial charge in [0.25, 0.3) is 0 Å². The van der Waals surface area contributed by atoms with Crippen LogP contribution in [0, 0.1) is 17.8 Å². The first-order valence-corrected chi connectivity index (χ1v) is 26.6. The number of hydrogen-bond acceptors (Lipinski definition) is 6. The van der Waals surface area contributed by atoms with E-state index < -0.39 is 6.10 Å². The topological polar surface area (TPSA) is 78.9 Å². The Labute approximate surface area is 374 Å². The third-order valence-corrected chi connectivity index (χ3v) is 12.5. The van der Waals surface area contributed by atoms with Gasteiger partial charge in [-0.05, 0) is 37.0 Å². The molecule has 0 aromatic heterocycles. The molecule has 0 N–H and O–H groups in total. The molecular formula is C54H104O6. The van der Waals surface area contributed by atoms with Crippen LogP contribution in [0.3, 0.4) is 0 Å². The Hall–Kier alpha value is -1.59. The van der Waals surface area contributed by atoms with Gasteiger partial charge in [-0.2, -0.15) is 0 Å². The molecule has 0 amide bonds. The van der Waals surface area contributed by atoms with E-state index in [4.69, 9.17) is 14.2 Å². The lowest BCUT2D eigenvalue weighted by Crippen LogP contribution is -2.30. The van der Waals surface area contributed by atoms with Crippen molar-refractivity contribution in [3.8, 4) is 0 Å². The quantitative estimate of drug-likeness (QED) is 0.0345. The average Bonchev–Trinajstić information content (AvgIpc) is 3.22. The molecule has 0 saturated heterocycles. The van der Waals surface area contributed by atoms with Crippen molar-refractivity contribution in [2.75, 3.05) is 13.2 Å². The molecule has 0 heterocycles. The van der Waals surface area contributed by atoms with Crippen molar-refractivity contribution in [1.82, 2.24) is 0 Å². The second kappa shape index (κ2) is 45.4. The monoisotopic (exact) mass is 849 g/mol. The van der Waals surface area contributed by atoms with Crippen molar-refractivity contribution >= 4 is 17.9 Å². The van der Waals surface area contributed by atoms with Crippen LogP contribution in [0.4, 0.5) is 0 Å². The van der Waals surface area contributed by atoms with E-state index in [1.807, 2.05) is 0 Å². The van der Waals surface area contributed by atoms with E-state index in [2.05, 4.69) is 41.5 Å². The summed E-state index contributed by atoms with van der Waals surface area (Å²) >= 11 is 0. The standard InChI is InChI=1S/C54H104O6/c1-7-50(6)42-36-30-24-18-15-16-20-26-33-39-45-54(57)60-51(47-59-53(56)44-38-32-27-21-23-29-35-41-49(4)5)46-58-52(55)43-37-31-25-19-14-12-10-8-9-11-13-17-22-28-34-40-48(2)3/h48-51H,7-47H2,1-6H3/t50?,51-/m1/s1. The van der Waals surface area contributed by atoms with Gasteiger partial charge < -0.3 is 14.2 Å². The van der Waals surface area contributed by atoms with E-state index in [-0.39, 0.29) is 31.1 Å². The highest BCUT2D eigenvalue weighted by atomic mass is 16.6. The van der Waals surface area contributed by atoms with Gasteiger partial charge in [0.05, 0.1) is 0 Å². The smallest absolute Gasteiger partial charge is 0.306 e. The minimum atomic E-state index is -0.763. The van der Waals surface area contributed by atoms with Crippen LogP contribution in [0.5, 0.6) is 0 Å². The van der Waals surface area contributed by atoms with Crippen LogP contribution >= 0.6 is 0 Å². The van der Waals surface area contributed by atoms with Crippen molar-refractivity contribution in [1.29, 1.82) is 0 Å². The van der Waals surface area contributed by atoms with Crippen molar-refractivity contribution in [3.05, 3.63) is 0 Å². The lowest BCUT2D eigenvalue weighted by molar-refractivity contribution is -0.167. The normalized spacial score (nSPS) is 12.6. The zero-order valence-electron chi connectivity index (χ0n) is 41.3. The van der Waals surface area contributed by atoms with Crippen molar-refractivity contribution < 1.29 is 28.6 Å². The zero-order valence-corrected chi connectivity index (χ0v) is 41.3. The fourth-order valence-electron chi connectivity index (χ4n) is 8.08. The maximum absolute atomic E-state index is 12.8. The van der Waals surface area contributed by atoms with E-state index >= 15 is 0 Å². The highest BCUT2D eigenvalue weighted by Gasteiger charge is 2.19. The molecule has 0 aromatic carbocycles. The van der Waals surface area contributed by atoms with Crippen LogP contribution in [-0.2, 0) is 28.6 Å². The van der Waals surface area contributed by atoms with Gasteiger partial charge in [0.2, 0.25) is 0 Å². The van der Waals surface area contributed by atoms with Gasteiger partial charge in [-0.1, -0.05) is 253 Å². The number of rotatable bonds is 47. The zero-order chi connectivity index (χ0) is 44.2. The SMILES string of the molecule is CCC(C)CCCCCCCCCCCCC(=O)O[C@H](COC(=O)CCCCCCCCCCCCCCCCCC(C)C)COC(=O)CCCCCCCCCC(C)C. The lowest BCUT2D eigenvalue weighted by atomic mass is 9.99. The molecule has 0 spiro atoms. The van der Waals surface area contributed by atoms with Gasteiger partial charge in [0.1, 0.15) is 13.2 Å². The molecule has 0 saturated carbocycles. The fraction of sp³-hybridized carbons (Fsp3) is 0.944. The Bertz CT molecular complexity index is 931. The van der Waals surface area contributed by atoms with E-state index in [0.717, 1.165) is 75.5 Å². The molecule has 1 unspecified atom stereocenters. The predicted octanol–water partition coefficient (Wildman–Crippen LogP) is 17.2. The van der Waals surface area contributed by atoms with Gasteiger partial charge in [-0.15, -0.1) is 0 Å². The Kier molecular flexibility index (Phi) is 44.2. The maximum atomic E-state index is 12.8. The molecule has 356 valence electrons. The number of unbranched alkanes of at least 4 members (excludes halogenated alkanes) is 29. The highest BCUT2D eigenvalue weighted by molar-refractivity contribution is 5.71. The molecule has 0 aliphatic carbocycles. The van der Waals surface area contributed by atoms with Crippen molar-refractivity contribution in [3.63, 3.8) is 0 Å². The average molecular weight is 849 g/mol. The van der Waals surface area contributed by atoms with Crippen LogP contribution in [0.2, 0.25) is 0 Å². The summed E-state index contributed by atoms with van der Waals surface area (Å²) in [5, 5.41) is 0. The van der Waals surface area contributed by atoms with Crippen LogP contribution in [0.1, 0.15) is 292 Å². The molecule has 0 bridgehead atoms. The second-order valence-corrected chi connectivity index (χ2v) is 19.7. The Morgan fingerprint density at radius 2 is 0.583 bits per heavy atom. The largest absolute Gasteiger partial charge is 0.462 e.